The molecule has 0 aliphatic carbocycles. The molecule has 0 aromatic heterocycles. The van der Waals surface area contributed by atoms with Gasteiger partial charge in [0.15, 0.2) is 0 Å². The average molecular weight is 267 g/mol. The van der Waals surface area contributed by atoms with Crippen LogP contribution in [-0.2, 0) is 0 Å². The van der Waals surface area contributed by atoms with E-state index in [1.807, 2.05) is 15.9 Å². The maximum Gasteiger partial charge on any atom is 0.363 e. The van der Waals surface area contributed by atoms with E-state index < -0.39 is 16.4 Å². The quantitative estimate of drug-likeness (QED) is 0.593. The van der Waals surface area contributed by atoms with Gasteiger partial charge in [-0.15, -0.1) is 0 Å². The number of carbonyl (C=O) groups is 1. The Morgan fingerprint density at radius 3 is 2.36 bits per heavy atom. The van der Waals surface area contributed by atoms with Crippen LogP contribution in [0.3, 0.4) is 0 Å². The van der Waals surface area contributed by atoms with E-state index in [9.17, 15) is 18.0 Å². The van der Waals surface area contributed by atoms with Gasteiger partial charge in [0, 0.05) is 5.56 Å². The number of hydrogen-bond donors (Lipinski definition) is 0. The molecule has 14 heavy (non-hydrogen) atoms. The van der Waals surface area contributed by atoms with Crippen LogP contribution in [0, 0.1) is 12.7 Å². The lowest BCUT2D eigenvalue weighted by Crippen LogP contribution is -2.21. The molecule has 0 bridgehead atoms. The fourth-order valence-corrected chi connectivity index (χ4v) is 1.26. The zero-order valence-corrected chi connectivity index (χ0v) is 8.74. The van der Waals surface area contributed by atoms with Gasteiger partial charge in [0.2, 0.25) is 5.78 Å². The monoisotopic (exact) mass is 266 g/mol. The predicted octanol–water partition coefficient (Wildman–Crippen LogP) is 3.30. The molecule has 1 aromatic rings. The van der Waals surface area contributed by atoms with Crippen LogP contribution in [0.5, 0.6) is 0 Å². The number of halogens is 4. The van der Waals surface area contributed by atoms with Crippen molar-refractivity contribution in [1.82, 2.24) is 0 Å². The molecule has 5 heteroatoms. The lowest BCUT2D eigenvalue weighted by atomic mass is 10.1. The summed E-state index contributed by atoms with van der Waals surface area (Å²) in [4.78, 5) is 7.36. The van der Waals surface area contributed by atoms with Crippen LogP contribution in [0.2, 0.25) is 0 Å². The minimum atomic E-state index is -3.65. The highest BCUT2D eigenvalue weighted by Crippen LogP contribution is 2.27. The average Bonchev–Trinajstić information content (AvgIpc) is 1.99. The van der Waals surface area contributed by atoms with Gasteiger partial charge in [-0.25, -0.2) is 4.39 Å². The minimum Gasteiger partial charge on any atom is -0.286 e. The van der Waals surface area contributed by atoms with Gasteiger partial charge in [0.25, 0.3) is 0 Å². The molecule has 0 radical (unpaired) electrons. The summed E-state index contributed by atoms with van der Waals surface area (Å²) in [5, 5.41) is 0. The van der Waals surface area contributed by atoms with Gasteiger partial charge in [-0.05, 0) is 46.6 Å². The summed E-state index contributed by atoms with van der Waals surface area (Å²) < 4.78 is 37.8. The summed E-state index contributed by atoms with van der Waals surface area (Å²) >= 11 is 1.92. The van der Waals surface area contributed by atoms with Crippen LogP contribution < -0.4 is 0 Å². The first kappa shape index (κ1) is 11.2. The van der Waals surface area contributed by atoms with E-state index in [0.29, 0.717) is 5.56 Å². The summed E-state index contributed by atoms with van der Waals surface area (Å²) in [5.41, 5.74) is 0.0782. The number of ketones is 1. The number of hydrogen-bond acceptors (Lipinski definition) is 1. The Labute approximate surface area is 87.1 Å². The summed E-state index contributed by atoms with van der Waals surface area (Å²) in [5.74, 6) is -2.15. The zero-order chi connectivity index (χ0) is 10.9. The van der Waals surface area contributed by atoms with E-state index in [2.05, 4.69) is 0 Å². The highest BCUT2D eigenvalue weighted by atomic mass is 79.9. The molecule has 0 N–H and O–H groups in total. The third-order valence-electron chi connectivity index (χ3n) is 1.56. The molecule has 0 amide bonds. The Hall–Kier alpha value is -0.840. The Morgan fingerprint density at radius 2 is 1.93 bits per heavy atom. The first-order valence-corrected chi connectivity index (χ1v) is 4.49. The van der Waals surface area contributed by atoms with Gasteiger partial charge in [0.1, 0.15) is 5.82 Å². The molecule has 1 nitrogen and oxygen atoms in total. The van der Waals surface area contributed by atoms with Crippen LogP contribution in [-0.4, -0.2) is 10.6 Å². The number of alkyl halides is 3. The maximum absolute atomic E-state index is 12.8. The van der Waals surface area contributed by atoms with Crippen molar-refractivity contribution in [1.29, 1.82) is 0 Å². The maximum atomic E-state index is 12.8. The number of rotatable bonds is 2. The predicted molar refractivity (Wildman–Crippen MR) is 49.3 cm³/mol. The summed E-state index contributed by atoms with van der Waals surface area (Å²) in [6.45, 7) is 1.52. The van der Waals surface area contributed by atoms with Gasteiger partial charge in [-0.2, -0.15) is 8.78 Å². The van der Waals surface area contributed by atoms with E-state index in [4.69, 9.17) is 0 Å². The van der Waals surface area contributed by atoms with Crippen molar-refractivity contribution in [3.63, 3.8) is 0 Å². The van der Waals surface area contributed by atoms with Crippen molar-refractivity contribution in [2.45, 2.75) is 11.8 Å². The van der Waals surface area contributed by atoms with Crippen molar-refractivity contribution in [2.24, 2.45) is 0 Å². The molecule has 0 atom stereocenters. The van der Waals surface area contributed by atoms with E-state index in [1.54, 1.807) is 0 Å². The van der Waals surface area contributed by atoms with Crippen molar-refractivity contribution < 1.29 is 18.0 Å². The standard InChI is InChI=1S/C9H6BrF3O/c1-5-2-6(4-7(11)3-5)8(14)9(10,12)13/h2-4H,1H3. The third-order valence-corrected chi connectivity index (χ3v) is 1.92. The summed E-state index contributed by atoms with van der Waals surface area (Å²) in [7, 11) is 0. The first-order valence-electron chi connectivity index (χ1n) is 3.69. The molecule has 0 spiro atoms. The van der Waals surface area contributed by atoms with Crippen molar-refractivity contribution in [3.05, 3.63) is 35.1 Å². The second kappa shape index (κ2) is 3.73. The van der Waals surface area contributed by atoms with Gasteiger partial charge in [-0.3, -0.25) is 4.79 Å². The fourth-order valence-electron chi connectivity index (χ4n) is 1.03. The number of benzene rings is 1. The van der Waals surface area contributed by atoms with Gasteiger partial charge >= 0.3 is 4.83 Å². The molecule has 0 unspecified atom stereocenters. The Bertz CT molecular complexity index is 351. The molecule has 1 rings (SSSR count). The second-order valence-electron chi connectivity index (χ2n) is 2.84. The second-order valence-corrected chi connectivity index (χ2v) is 3.84. The molecule has 1 aromatic carbocycles. The van der Waals surface area contributed by atoms with E-state index in [1.165, 1.54) is 13.0 Å². The van der Waals surface area contributed by atoms with E-state index in [0.717, 1.165) is 12.1 Å². The highest BCUT2D eigenvalue weighted by molar-refractivity contribution is 9.10. The van der Waals surface area contributed by atoms with Crippen LogP contribution >= 0.6 is 15.9 Å². The number of carbonyl (C=O) groups excluding carboxylic acids is 1. The van der Waals surface area contributed by atoms with Crippen molar-refractivity contribution in [2.75, 3.05) is 0 Å². The van der Waals surface area contributed by atoms with Crippen LogP contribution in [0.25, 0.3) is 0 Å². The van der Waals surface area contributed by atoms with Crippen molar-refractivity contribution >= 4 is 21.7 Å². The Kier molecular flexibility index (Phi) is 2.99. The Morgan fingerprint density at radius 1 is 1.36 bits per heavy atom. The fraction of sp³-hybridized carbons (Fsp3) is 0.222. The minimum absolute atomic E-state index is 0.343. The molecule has 0 fully saturated rings. The van der Waals surface area contributed by atoms with E-state index >= 15 is 0 Å². The molecule has 0 saturated carbocycles. The normalized spacial score (nSPS) is 11.5. The molecule has 0 aliphatic heterocycles. The largest absolute Gasteiger partial charge is 0.363 e. The molecule has 0 heterocycles. The van der Waals surface area contributed by atoms with Gasteiger partial charge in [0.05, 0.1) is 0 Å². The van der Waals surface area contributed by atoms with Crippen molar-refractivity contribution in [3.8, 4) is 0 Å². The number of Topliss-reactive ketones (excluding diaryl/α,β-unsaturated/α-hetero) is 1. The SMILES string of the molecule is Cc1cc(F)cc(C(=O)C(F)(F)Br)c1. The van der Waals surface area contributed by atoms with Gasteiger partial charge in [-0.1, -0.05) is 0 Å². The first-order chi connectivity index (χ1) is 6.30. The third kappa shape index (κ3) is 2.57. The topological polar surface area (TPSA) is 17.1 Å². The lowest BCUT2D eigenvalue weighted by Gasteiger charge is -2.07. The molecular weight excluding hydrogens is 261 g/mol. The summed E-state index contributed by atoms with van der Waals surface area (Å²) in [6, 6.07) is 3.15. The highest BCUT2D eigenvalue weighted by Gasteiger charge is 2.35. The Balaban J connectivity index is 3.14. The number of aryl methyl sites for hydroxylation is 1. The summed E-state index contributed by atoms with van der Waals surface area (Å²) in [6.07, 6.45) is 0. The molecule has 0 aliphatic rings. The molecular formula is C9H6BrF3O. The van der Waals surface area contributed by atoms with Gasteiger partial charge < -0.3 is 0 Å². The van der Waals surface area contributed by atoms with E-state index in [-0.39, 0.29) is 5.56 Å². The lowest BCUT2D eigenvalue weighted by molar-refractivity contribution is 0.0592. The van der Waals surface area contributed by atoms with Crippen LogP contribution in [0.1, 0.15) is 15.9 Å². The molecule has 0 saturated heterocycles. The van der Waals surface area contributed by atoms with Crippen LogP contribution in [0.4, 0.5) is 13.2 Å². The zero-order valence-electron chi connectivity index (χ0n) is 7.15. The van der Waals surface area contributed by atoms with Crippen LogP contribution in [0.15, 0.2) is 18.2 Å². The smallest absolute Gasteiger partial charge is 0.286 e. The molecule has 76 valence electrons.